The van der Waals surface area contributed by atoms with Crippen molar-refractivity contribution in [2.45, 2.75) is 0 Å². The number of nitrogens with zero attached hydrogens (tertiary/aromatic N) is 1. The lowest BCUT2D eigenvalue weighted by atomic mass is 10.1. The third kappa shape index (κ3) is 2.03. The van der Waals surface area contributed by atoms with Gasteiger partial charge in [-0.15, -0.1) is 0 Å². The molecular formula is C10H8N2O5. The quantitative estimate of drug-likeness (QED) is 0.814. The molecule has 1 aromatic heterocycles. The first-order valence-electron chi connectivity index (χ1n) is 4.59. The lowest BCUT2D eigenvalue weighted by molar-refractivity contribution is 0.0693. The Morgan fingerprint density at radius 1 is 1.53 bits per heavy atom. The Kier molecular flexibility index (Phi) is 2.65. The van der Waals surface area contributed by atoms with E-state index in [9.17, 15) is 9.59 Å². The Labute approximate surface area is 94.6 Å². The number of carboxylic acid groups (broad SMARTS) is 1. The Hall–Kier alpha value is -2.57. The zero-order valence-electron chi connectivity index (χ0n) is 8.76. The van der Waals surface area contributed by atoms with E-state index in [0.29, 0.717) is 5.56 Å². The van der Waals surface area contributed by atoms with Gasteiger partial charge in [-0.25, -0.2) is 9.59 Å². The highest BCUT2D eigenvalue weighted by Crippen LogP contribution is 2.24. The molecule has 0 saturated carbocycles. The van der Waals surface area contributed by atoms with Gasteiger partial charge in [0.2, 0.25) is 0 Å². The number of benzene rings is 1. The first-order valence-corrected chi connectivity index (χ1v) is 4.59. The maximum atomic E-state index is 10.9. The Morgan fingerprint density at radius 3 is 2.82 bits per heavy atom. The highest BCUT2D eigenvalue weighted by molar-refractivity contribution is 5.91. The number of aromatic carboxylic acids is 1. The number of carbonyl (C=O) groups is 1. The topological polar surface area (TPSA) is 105 Å². The molecule has 2 rings (SSSR count). The van der Waals surface area contributed by atoms with Crippen molar-refractivity contribution in [1.29, 1.82) is 0 Å². The summed E-state index contributed by atoms with van der Waals surface area (Å²) >= 11 is 0. The number of aromatic nitrogens is 2. The minimum Gasteiger partial charge on any atom is -0.496 e. The third-order valence-corrected chi connectivity index (χ3v) is 2.15. The molecule has 0 atom stereocenters. The summed E-state index contributed by atoms with van der Waals surface area (Å²) < 4.78 is 9.30. The maximum absolute atomic E-state index is 10.9. The number of hydrogen-bond acceptors (Lipinski definition) is 5. The largest absolute Gasteiger partial charge is 0.496 e. The lowest BCUT2D eigenvalue weighted by Gasteiger charge is -2.05. The molecule has 2 N–H and O–H groups in total. The minimum absolute atomic E-state index is 0.0297. The zero-order valence-corrected chi connectivity index (χ0v) is 8.76. The van der Waals surface area contributed by atoms with Crippen molar-refractivity contribution in [2.24, 2.45) is 0 Å². The van der Waals surface area contributed by atoms with Crippen molar-refractivity contribution in [2.75, 3.05) is 7.11 Å². The monoisotopic (exact) mass is 236 g/mol. The van der Waals surface area contributed by atoms with Gasteiger partial charge in [-0.1, -0.05) is 11.2 Å². The van der Waals surface area contributed by atoms with E-state index in [0.717, 1.165) is 0 Å². The number of rotatable bonds is 3. The molecule has 0 aliphatic carbocycles. The van der Waals surface area contributed by atoms with Gasteiger partial charge in [0.1, 0.15) is 11.3 Å². The molecule has 0 radical (unpaired) electrons. The highest BCUT2D eigenvalue weighted by atomic mass is 16.5. The van der Waals surface area contributed by atoms with Crippen LogP contribution >= 0.6 is 0 Å². The first-order chi connectivity index (χ1) is 8.11. The molecule has 1 heterocycles. The number of hydrogen-bond donors (Lipinski definition) is 2. The summed E-state index contributed by atoms with van der Waals surface area (Å²) in [5, 5.41) is 12.4. The number of H-pyrrole nitrogens is 1. The van der Waals surface area contributed by atoms with Gasteiger partial charge in [-0.3, -0.25) is 9.51 Å². The number of carboxylic acids is 1. The van der Waals surface area contributed by atoms with Crippen molar-refractivity contribution in [3.63, 3.8) is 0 Å². The molecule has 2 aromatic rings. The second-order valence-electron chi connectivity index (χ2n) is 3.16. The molecule has 0 fully saturated rings. The smallest absolute Gasteiger partial charge is 0.439 e. The lowest BCUT2D eigenvalue weighted by Crippen LogP contribution is -2.01. The third-order valence-electron chi connectivity index (χ3n) is 2.15. The fourth-order valence-corrected chi connectivity index (χ4v) is 1.37. The molecule has 0 aliphatic heterocycles. The summed E-state index contributed by atoms with van der Waals surface area (Å²) in [5.74, 6) is -1.38. The average molecular weight is 236 g/mol. The normalized spacial score (nSPS) is 10.2. The van der Waals surface area contributed by atoms with E-state index in [2.05, 4.69) is 14.7 Å². The molecule has 0 bridgehead atoms. The summed E-state index contributed by atoms with van der Waals surface area (Å²) in [7, 11) is 1.36. The first kappa shape index (κ1) is 10.9. The van der Waals surface area contributed by atoms with Crippen LogP contribution < -0.4 is 10.5 Å². The van der Waals surface area contributed by atoms with Crippen molar-refractivity contribution >= 4 is 5.97 Å². The van der Waals surface area contributed by atoms with Gasteiger partial charge in [0, 0.05) is 5.56 Å². The molecule has 88 valence electrons. The fraction of sp³-hybridized carbons (Fsp3) is 0.100. The zero-order chi connectivity index (χ0) is 12.4. The van der Waals surface area contributed by atoms with E-state index >= 15 is 0 Å². The van der Waals surface area contributed by atoms with E-state index in [1.54, 1.807) is 0 Å². The van der Waals surface area contributed by atoms with Crippen LogP contribution in [0.3, 0.4) is 0 Å². The van der Waals surface area contributed by atoms with Crippen LogP contribution in [0.5, 0.6) is 5.75 Å². The minimum atomic E-state index is -1.10. The molecule has 0 saturated heterocycles. The van der Waals surface area contributed by atoms with Crippen LogP contribution in [-0.4, -0.2) is 28.3 Å². The van der Waals surface area contributed by atoms with Crippen LogP contribution in [0.4, 0.5) is 0 Å². The van der Waals surface area contributed by atoms with Gasteiger partial charge in [0.15, 0.2) is 5.82 Å². The van der Waals surface area contributed by atoms with E-state index < -0.39 is 11.7 Å². The molecule has 1 aromatic carbocycles. The second-order valence-corrected chi connectivity index (χ2v) is 3.16. The van der Waals surface area contributed by atoms with Gasteiger partial charge >= 0.3 is 11.7 Å². The molecule has 17 heavy (non-hydrogen) atoms. The summed E-state index contributed by atoms with van der Waals surface area (Å²) in [5.41, 5.74) is 0.528. The fourth-order valence-electron chi connectivity index (χ4n) is 1.37. The van der Waals surface area contributed by atoms with Crippen molar-refractivity contribution in [1.82, 2.24) is 10.1 Å². The maximum Gasteiger partial charge on any atom is 0.439 e. The van der Waals surface area contributed by atoms with Crippen LogP contribution in [0.1, 0.15) is 10.4 Å². The molecular weight excluding hydrogens is 228 g/mol. The Balaban J connectivity index is 2.51. The molecule has 0 amide bonds. The molecule has 0 unspecified atom stereocenters. The van der Waals surface area contributed by atoms with Crippen molar-refractivity contribution < 1.29 is 19.2 Å². The van der Waals surface area contributed by atoms with Gasteiger partial charge in [-0.05, 0) is 12.1 Å². The van der Waals surface area contributed by atoms with Crippen molar-refractivity contribution in [3.8, 4) is 17.1 Å². The van der Waals surface area contributed by atoms with Crippen LogP contribution in [0.15, 0.2) is 27.5 Å². The molecule has 7 heteroatoms. The van der Waals surface area contributed by atoms with Gasteiger partial charge in [0.25, 0.3) is 0 Å². The van der Waals surface area contributed by atoms with E-state index in [4.69, 9.17) is 9.84 Å². The summed E-state index contributed by atoms with van der Waals surface area (Å²) in [6.45, 7) is 0. The SMILES string of the molecule is COc1cc(-c2noc(=O)[nH]2)ccc1C(=O)O. The predicted molar refractivity (Wildman–Crippen MR) is 56.1 cm³/mol. The predicted octanol–water partition coefficient (Wildman–Crippen LogP) is 0.737. The van der Waals surface area contributed by atoms with Gasteiger partial charge in [0.05, 0.1) is 7.11 Å². The van der Waals surface area contributed by atoms with Crippen LogP contribution in [0, 0.1) is 0 Å². The molecule has 7 nitrogen and oxygen atoms in total. The van der Waals surface area contributed by atoms with Crippen LogP contribution in [0.25, 0.3) is 11.4 Å². The van der Waals surface area contributed by atoms with E-state index in [-0.39, 0.29) is 17.1 Å². The molecule has 0 aliphatic rings. The summed E-state index contributed by atoms with van der Waals surface area (Å²) in [6.07, 6.45) is 0. The van der Waals surface area contributed by atoms with Crippen molar-refractivity contribution in [3.05, 3.63) is 34.3 Å². The standard InChI is InChI=1S/C10H8N2O5/c1-16-7-4-5(2-3-6(7)9(13)14)8-11-10(15)17-12-8/h2-4H,1H3,(H,13,14)(H,11,12,15). The average Bonchev–Trinajstić information content (AvgIpc) is 2.75. The van der Waals surface area contributed by atoms with Crippen LogP contribution in [0.2, 0.25) is 0 Å². The van der Waals surface area contributed by atoms with Crippen LogP contribution in [-0.2, 0) is 0 Å². The number of methoxy groups -OCH3 is 1. The number of nitrogens with one attached hydrogen (secondary N) is 1. The Morgan fingerprint density at radius 2 is 2.29 bits per heavy atom. The second kappa shape index (κ2) is 4.12. The summed E-state index contributed by atoms with van der Waals surface area (Å²) in [4.78, 5) is 24.0. The number of ether oxygens (including phenoxy) is 1. The summed E-state index contributed by atoms with van der Waals surface area (Å²) in [6, 6.07) is 4.32. The van der Waals surface area contributed by atoms with Gasteiger partial charge in [-0.2, -0.15) is 0 Å². The van der Waals surface area contributed by atoms with Gasteiger partial charge < -0.3 is 9.84 Å². The van der Waals surface area contributed by atoms with E-state index in [1.807, 2.05) is 0 Å². The molecule has 0 spiro atoms. The number of aromatic amines is 1. The highest BCUT2D eigenvalue weighted by Gasteiger charge is 2.13. The Bertz CT molecular complexity index is 613. The van der Waals surface area contributed by atoms with E-state index in [1.165, 1.54) is 25.3 Å².